The second kappa shape index (κ2) is 3.69. The molecule has 0 aromatic heterocycles. The zero-order valence-electron chi connectivity index (χ0n) is 6.58. The first kappa shape index (κ1) is 9.91. The van der Waals surface area contributed by atoms with Gasteiger partial charge in [-0.3, -0.25) is 10.1 Å². The number of halogens is 2. The Kier molecular flexibility index (Phi) is 2.82. The topological polar surface area (TPSA) is 52.4 Å². The maximum atomic E-state index is 13.1. The molecule has 0 N–H and O–H groups in total. The predicted octanol–water partition coefficient (Wildman–Crippen LogP) is 2.51. The van der Waals surface area contributed by atoms with Gasteiger partial charge >= 0.3 is 5.69 Å². The highest BCUT2D eigenvalue weighted by atomic mass is 79.9. The Balaban J connectivity index is 3.35. The highest BCUT2D eigenvalue weighted by Crippen LogP contribution is 2.30. The number of nitro benzene ring substituents is 1. The summed E-state index contributed by atoms with van der Waals surface area (Å²) in [6.07, 6.45) is 0. The number of nitro groups is 1. The van der Waals surface area contributed by atoms with E-state index in [1.54, 1.807) is 0 Å². The Morgan fingerprint density at radius 3 is 2.69 bits per heavy atom. The molecular weight excluding hydrogens is 245 g/mol. The summed E-state index contributed by atoms with van der Waals surface area (Å²) in [5.41, 5.74) is -0.605. The van der Waals surface area contributed by atoms with Crippen molar-refractivity contribution in [2.45, 2.75) is 0 Å². The minimum Gasteiger partial charge on any atom is -0.493 e. The normalized spacial score (nSPS) is 9.77. The zero-order chi connectivity index (χ0) is 10.0. The molecule has 0 heterocycles. The van der Waals surface area contributed by atoms with Crippen LogP contribution in [0.4, 0.5) is 10.1 Å². The highest BCUT2D eigenvalue weighted by Gasteiger charge is 2.19. The minimum absolute atomic E-state index is 0.152. The third-order valence-corrected chi connectivity index (χ3v) is 1.86. The average molecular weight is 250 g/mol. The molecule has 0 spiro atoms. The maximum Gasteiger partial charge on any atom is 0.309 e. The maximum absolute atomic E-state index is 13.1. The summed E-state index contributed by atoms with van der Waals surface area (Å²) >= 11 is 3.01. The van der Waals surface area contributed by atoms with Gasteiger partial charge in [0.1, 0.15) is 0 Å². The van der Waals surface area contributed by atoms with Gasteiger partial charge in [-0.2, -0.15) is 4.39 Å². The predicted molar refractivity (Wildman–Crippen MR) is 47.3 cm³/mol. The fraction of sp³-hybridized carbons (Fsp3) is 0.143. The second-order valence-corrected chi connectivity index (χ2v) is 3.11. The van der Waals surface area contributed by atoms with E-state index < -0.39 is 16.4 Å². The van der Waals surface area contributed by atoms with Crippen molar-refractivity contribution in [3.05, 3.63) is 32.5 Å². The molecule has 70 valence electrons. The van der Waals surface area contributed by atoms with Crippen LogP contribution < -0.4 is 4.74 Å². The van der Waals surface area contributed by atoms with Gasteiger partial charge in [0.15, 0.2) is 5.75 Å². The largest absolute Gasteiger partial charge is 0.493 e. The van der Waals surface area contributed by atoms with Crippen LogP contribution in [0.2, 0.25) is 0 Å². The molecule has 13 heavy (non-hydrogen) atoms. The molecule has 0 bridgehead atoms. The van der Waals surface area contributed by atoms with Gasteiger partial charge in [-0.1, -0.05) is 15.9 Å². The number of rotatable bonds is 2. The Hall–Kier alpha value is -1.17. The molecule has 0 saturated carbocycles. The van der Waals surface area contributed by atoms with Crippen molar-refractivity contribution in [2.24, 2.45) is 0 Å². The van der Waals surface area contributed by atoms with E-state index >= 15 is 0 Å². The lowest BCUT2D eigenvalue weighted by Gasteiger charge is -2.02. The molecular formula is C7H5BrFNO3. The Morgan fingerprint density at radius 1 is 1.62 bits per heavy atom. The van der Waals surface area contributed by atoms with Crippen LogP contribution in [0, 0.1) is 15.9 Å². The van der Waals surface area contributed by atoms with E-state index in [2.05, 4.69) is 20.7 Å². The summed E-state index contributed by atoms with van der Waals surface area (Å²) in [5, 5.41) is 10.3. The van der Waals surface area contributed by atoms with Gasteiger partial charge in [0, 0.05) is 10.5 Å². The summed E-state index contributed by atoms with van der Waals surface area (Å²) in [4.78, 5) is 9.53. The third kappa shape index (κ3) is 1.95. The van der Waals surface area contributed by atoms with Crippen molar-refractivity contribution < 1.29 is 14.1 Å². The molecule has 0 amide bonds. The SMILES string of the molecule is COc1cc(Br)cc([N+](=O)[O-])c1F. The van der Waals surface area contributed by atoms with Crippen LogP contribution in [-0.2, 0) is 0 Å². The van der Waals surface area contributed by atoms with Crippen molar-refractivity contribution in [1.29, 1.82) is 0 Å². The standard InChI is InChI=1S/C7H5BrFNO3/c1-13-6-3-4(8)2-5(7(6)9)10(11)12/h2-3H,1H3. The molecule has 6 heteroatoms. The zero-order valence-corrected chi connectivity index (χ0v) is 8.17. The number of hydrogen-bond acceptors (Lipinski definition) is 3. The summed E-state index contributed by atoms with van der Waals surface area (Å²) < 4.78 is 18.1. The van der Waals surface area contributed by atoms with Crippen molar-refractivity contribution in [1.82, 2.24) is 0 Å². The fourth-order valence-corrected chi connectivity index (χ4v) is 1.26. The summed E-state index contributed by atoms with van der Waals surface area (Å²) in [7, 11) is 1.24. The molecule has 0 aliphatic rings. The number of nitrogens with zero attached hydrogens (tertiary/aromatic N) is 1. The van der Waals surface area contributed by atoms with E-state index in [0.717, 1.165) is 6.07 Å². The van der Waals surface area contributed by atoms with Crippen molar-refractivity contribution >= 4 is 21.6 Å². The van der Waals surface area contributed by atoms with Crippen LogP contribution in [0.25, 0.3) is 0 Å². The fourth-order valence-electron chi connectivity index (χ4n) is 0.832. The Bertz CT molecular complexity index is 356. The van der Waals surface area contributed by atoms with Crippen LogP contribution in [0.3, 0.4) is 0 Å². The van der Waals surface area contributed by atoms with Gasteiger partial charge in [-0.05, 0) is 6.07 Å². The van der Waals surface area contributed by atoms with Crippen LogP contribution >= 0.6 is 15.9 Å². The molecule has 0 unspecified atom stereocenters. The number of methoxy groups -OCH3 is 1. The summed E-state index contributed by atoms with van der Waals surface area (Å²) in [5.74, 6) is -1.11. The molecule has 1 aromatic rings. The van der Waals surface area contributed by atoms with Gasteiger partial charge in [0.25, 0.3) is 0 Å². The van der Waals surface area contributed by atoms with E-state index in [1.165, 1.54) is 13.2 Å². The first-order valence-electron chi connectivity index (χ1n) is 3.23. The van der Waals surface area contributed by atoms with Crippen LogP contribution in [0.5, 0.6) is 5.75 Å². The van der Waals surface area contributed by atoms with Crippen molar-refractivity contribution in [3.63, 3.8) is 0 Å². The molecule has 0 aliphatic heterocycles. The quantitative estimate of drug-likeness (QED) is 0.598. The van der Waals surface area contributed by atoms with Gasteiger partial charge < -0.3 is 4.74 Å². The van der Waals surface area contributed by atoms with Crippen molar-refractivity contribution in [2.75, 3.05) is 7.11 Å². The van der Waals surface area contributed by atoms with E-state index in [1.807, 2.05) is 0 Å². The number of hydrogen-bond donors (Lipinski definition) is 0. The smallest absolute Gasteiger partial charge is 0.309 e. The molecule has 0 atom stereocenters. The molecule has 1 rings (SSSR count). The third-order valence-electron chi connectivity index (χ3n) is 1.40. The van der Waals surface area contributed by atoms with Crippen LogP contribution in [0.15, 0.2) is 16.6 Å². The minimum atomic E-state index is -0.962. The highest BCUT2D eigenvalue weighted by molar-refractivity contribution is 9.10. The monoisotopic (exact) mass is 249 g/mol. The first-order valence-corrected chi connectivity index (χ1v) is 4.03. The van der Waals surface area contributed by atoms with Crippen LogP contribution in [0.1, 0.15) is 0 Å². The molecule has 0 fully saturated rings. The first-order chi connectivity index (χ1) is 6.06. The lowest BCUT2D eigenvalue weighted by atomic mass is 10.3. The number of benzene rings is 1. The molecule has 1 aromatic carbocycles. The summed E-state index contributed by atoms with van der Waals surface area (Å²) in [6, 6.07) is 2.40. The van der Waals surface area contributed by atoms with E-state index in [-0.39, 0.29) is 5.75 Å². The summed E-state index contributed by atoms with van der Waals surface area (Å²) in [6.45, 7) is 0. The lowest BCUT2D eigenvalue weighted by Crippen LogP contribution is -1.96. The molecule has 0 saturated heterocycles. The second-order valence-electron chi connectivity index (χ2n) is 2.20. The van der Waals surface area contributed by atoms with E-state index in [9.17, 15) is 14.5 Å². The van der Waals surface area contributed by atoms with E-state index in [0.29, 0.717) is 4.47 Å². The van der Waals surface area contributed by atoms with Crippen molar-refractivity contribution in [3.8, 4) is 5.75 Å². The average Bonchev–Trinajstić information content (AvgIpc) is 2.08. The number of ether oxygens (including phenoxy) is 1. The van der Waals surface area contributed by atoms with Gasteiger partial charge in [-0.15, -0.1) is 0 Å². The molecule has 0 radical (unpaired) electrons. The molecule has 4 nitrogen and oxygen atoms in total. The van der Waals surface area contributed by atoms with Crippen LogP contribution in [-0.4, -0.2) is 12.0 Å². The Morgan fingerprint density at radius 2 is 2.23 bits per heavy atom. The van der Waals surface area contributed by atoms with Gasteiger partial charge in [-0.25, -0.2) is 0 Å². The lowest BCUT2D eigenvalue weighted by molar-refractivity contribution is -0.387. The van der Waals surface area contributed by atoms with Gasteiger partial charge in [0.2, 0.25) is 5.82 Å². The Labute approximate surface area is 81.6 Å². The van der Waals surface area contributed by atoms with E-state index in [4.69, 9.17) is 0 Å². The molecule has 0 aliphatic carbocycles. The van der Waals surface area contributed by atoms with Gasteiger partial charge in [0.05, 0.1) is 12.0 Å².